The highest BCUT2D eigenvalue weighted by Crippen LogP contribution is 2.23. The van der Waals surface area contributed by atoms with E-state index in [1.165, 1.54) is 4.88 Å². The smallest absolute Gasteiger partial charge is 0.321 e. The molecule has 0 spiro atoms. The van der Waals surface area contributed by atoms with Gasteiger partial charge in [0.25, 0.3) is 0 Å². The summed E-state index contributed by atoms with van der Waals surface area (Å²) in [6.45, 7) is 1.79. The third-order valence-electron chi connectivity index (χ3n) is 5.14. The molecule has 2 aromatic rings. The summed E-state index contributed by atoms with van der Waals surface area (Å²) in [5.74, 6) is 0.0541. The van der Waals surface area contributed by atoms with Crippen LogP contribution in [-0.4, -0.2) is 55.5 Å². The van der Waals surface area contributed by atoms with Crippen LogP contribution in [-0.2, 0) is 4.79 Å². The number of hydrogen-bond donors (Lipinski definition) is 2. The minimum absolute atomic E-state index is 0.0353. The zero-order valence-electron chi connectivity index (χ0n) is 16.4. The molecule has 7 heteroatoms. The molecule has 2 heterocycles. The maximum absolute atomic E-state index is 12.6. The van der Waals surface area contributed by atoms with E-state index in [0.29, 0.717) is 32.5 Å². The van der Waals surface area contributed by atoms with Gasteiger partial charge in [0.05, 0.1) is 6.04 Å². The number of para-hydroxylation sites is 1. The number of hydrogen-bond acceptors (Lipinski definition) is 4. The van der Waals surface area contributed by atoms with E-state index in [0.717, 1.165) is 5.69 Å². The van der Waals surface area contributed by atoms with Gasteiger partial charge in [0, 0.05) is 36.1 Å². The zero-order chi connectivity index (χ0) is 19.9. The first-order valence-corrected chi connectivity index (χ1v) is 10.5. The van der Waals surface area contributed by atoms with Gasteiger partial charge in [-0.05, 0) is 50.5 Å². The summed E-state index contributed by atoms with van der Waals surface area (Å²) in [4.78, 5) is 30.2. The maximum atomic E-state index is 12.6. The van der Waals surface area contributed by atoms with Crippen LogP contribution in [0.2, 0.25) is 0 Å². The molecule has 2 N–H and O–H groups in total. The number of rotatable bonds is 6. The Morgan fingerprint density at radius 3 is 2.46 bits per heavy atom. The number of carbonyl (C=O) groups excluding carboxylic acids is 2. The summed E-state index contributed by atoms with van der Waals surface area (Å²) >= 11 is 1.71. The van der Waals surface area contributed by atoms with Gasteiger partial charge in [0.1, 0.15) is 0 Å². The van der Waals surface area contributed by atoms with Crippen LogP contribution in [0.5, 0.6) is 0 Å². The third-order valence-corrected chi connectivity index (χ3v) is 6.12. The summed E-state index contributed by atoms with van der Waals surface area (Å²) in [6, 6.07) is 13.7. The van der Waals surface area contributed by atoms with Crippen LogP contribution in [0.1, 0.15) is 23.8 Å². The molecule has 6 nitrogen and oxygen atoms in total. The van der Waals surface area contributed by atoms with E-state index in [1.807, 2.05) is 50.5 Å². The van der Waals surface area contributed by atoms with Crippen LogP contribution in [0.15, 0.2) is 47.8 Å². The number of likely N-dealkylation sites (N-methyl/N-ethyl adjacent to an activating group) is 1. The standard InChI is InChI=1S/C21H28N4O2S/c1-24(2)18(19-9-6-14-28-19)15-22-20(26)16-10-12-25(13-11-16)21(27)23-17-7-4-3-5-8-17/h3-9,14,16,18H,10-13,15H2,1-2H3,(H,22,26)(H,23,27)/t18-/m0/s1. The largest absolute Gasteiger partial charge is 0.354 e. The van der Waals surface area contributed by atoms with Gasteiger partial charge in [-0.2, -0.15) is 0 Å². The molecule has 1 saturated heterocycles. The number of benzene rings is 1. The minimum atomic E-state index is -0.101. The van der Waals surface area contributed by atoms with E-state index in [1.54, 1.807) is 16.2 Å². The molecule has 1 atom stereocenters. The average molecular weight is 401 g/mol. The lowest BCUT2D eigenvalue weighted by Gasteiger charge is -2.32. The number of carbonyl (C=O) groups is 2. The molecular formula is C21H28N4O2S. The minimum Gasteiger partial charge on any atom is -0.354 e. The summed E-state index contributed by atoms with van der Waals surface area (Å²) < 4.78 is 0. The van der Waals surface area contributed by atoms with E-state index >= 15 is 0 Å². The van der Waals surface area contributed by atoms with Gasteiger partial charge < -0.3 is 20.4 Å². The van der Waals surface area contributed by atoms with Crippen LogP contribution in [0, 0.1) is 5.92 Å². The molecule has 1 fully saturated rings. The molecular weight excluding hydrogens is 372 g/mol. The molecule has 1 aromatic carbocycles. The fourth-order valence-electron chi connectivity index (χ4n) is 3.43. The Labute approximate surface area is 170 Å². The van der Waals surface area contributed by atoms with Crippen molar-refractivity contribution < 1.29 is 9.59 Å². The number of likely N-dealkylation sites (tertiary alicyclic amines) is 1. The fraction of sp³-hybridized carbons (Fsp3) is 0.429. The summed E-state index contributed by atoms with van der Waals surface area (Å²) in [5.41, 5.74) is 0.788. The SMILES string of the molecule is CN(C)[C@@H](CNC(=O)C1CCN(C(=O)Nc2ccccc2)CC1)c1cccs1. The second kappa shape index (κ2) is 9.71. The lowest BCUT2D eigenvalue weighted by Crippen LogP contribution is -2.45. The fourth-order valence-corrected chi connectivity index (χ4v) is 4.35. The molecule has 0 radical (unpaired) electrons. The first kappa shape index (κ1) is 20.4. The van der Waals surface area contributed by atoms with E-state index in [4.69, 9.17) is 0 Å². The number of piperidine rings is 1. The van der Waals surface area contributed by atoms with Crippen molar-refractivity contribution in [3.8, 4) is 0 Å². The van der Waals surface area contributed by atoms with Gasteiger partial charge in [0.2, 0.25) is 5.91 Å². The lowest BCUT2D eigenvalue weighted by atomic mass is 9.96. The second-order valence-electron chi connectivity index (χ2n) is 7.30. The highest BCUT2D eigenvalue weighted by atomic mass is 32.1. The Hall–Kier alpha value is -2.38. The molecule has 0 unspecified atom stereocenters. The third kappa shape index (κ3) is 5.33. The quantitative estimate of drug-likeness (QED) is 0.781. The van der Waals surface area contributed by atoms with Gasteiger partial charge >= 0.3 is 6.03 Å². The van der Waals surface area contributed by atoms with Crippen LogP contribution in [0.3, 0.4) is 0 Å². The maximum Gasteiger partial charge on any atom is 0.321 e. The number of anilines is 1. The van der Waals surface area contributed by atoms with E-state index in [9.17, 15) is 9.59 Å². The average Bonchev–Trinajstić information content (AvgIpc) is 3.23. The zero-order valence-corrected chi connectivity index (χ0v) is 17.2. The molecule has 0 bridgehead atoms. The van der Waals surface area contributed by atoms with Crippen LogP contribution in [0.4, 0.5) is 10.5 Å². The monoisotopic (exact) mass is 400 g/mol. The van der Waals surface area contributed by atoms with Crippen molar-refractivity contribution >= 4 is 29.0 Å². The molecule has 1 aliphatic rings. The molecule has 0 saturated carbocycles. The number of amides is 3. The lowest BCUT2D eigenvalue weighted by molar-refractivity contribution is -0.126. The Bertz CT molecular complexity index is 756. The van der Waals surface area contributed by atoms with Gasteiger partial charge in [-0.1, -0.05) is 24.3 Å². The van der Waals surface area contributed by atoms with Crippen molar-refractivity contribution in [2.45, 2.75) is 18.9 Å². The van der Waals surface area contributed by atoms with Crippen LogP contribution < -0.4 is 10.6 Å². The van der Waals surface area contributed by atoms with Crippen molar-refractivity contribution in [1.82, 2.24) is 15.1 Å². The Kier molecular flexibility index (Phi) is 7.06. The molecule has 3 rings (SSSR count). The number of nitrogens with zero attached hydrogens (tertiary/aromatic N) is 2. The molecule has 150 valence electrons. The Balaban J connectivity index is 1.45. The summed E-state index contributed by atoms with van der Waals surface area (Å²) in [7, 11) is 4.06. The van der Waals surface area contributed by atoms with Gasteiger partial charge in [0.15, 0.2) is 0 Å². The molecule has 1 aliphatic heterocycles. The van der Waals surface area contributed by atoms with Crippen molar-refractivity contribution in [3.63, 3.8) is 0 Å². The number of thiophene rings is 1. The van der Waals surface area contributed by atoms with E-state index in [2.05, 4.69) is 27.0 Å². The highest BCUT2D eigenvalue weighted by molar-refractivity contribution is 7.10. The van der Waals surface area contributed by atoms with Crippen LogP contribution >= 0.6 is 11.3 Å². The molecule has 28 heavy (non-hydrogen) atoms. The van der Waals surface area contributed by atoms with E-state index in [-0.39, 0.29) is 23.9 Å². The second-order valence-corrected chi connectivity index (χ2v) is 8.28. The number of urea groups is 1. The van der Waals surface area contributed by atoms with Crippen molar-refractivity contribution in [2.24, 2.45) is 5.92 Å². The predicted molar refractivity (Wildman–Crippen MR) is 114 cm³/mol. The molecule has 3 amide bonds. The summed E-state index contributed by atoms with van der Waals surface area (Å²) in [6.07, 6.45) is 1.39. The van der Waals surface area contributed by atoms with Crippen LogP contribution in [0.25, 0.3) is 0 Å². The molecule has 1 aromatic heterocycles. The highest BCUT2D eigenvalue weighted by Gasteiger charge is 2.28. The van der Waals surface area contributed by atoms with Gasteiger partial charge in [-0.25, -0.2) is 4.79 Å². The van der Waals surface area contributed by atoms with Gasteiger partial charge in [-0.15, -0.1) is 11.3 Å². The summed E-state index contributed by atoms with van der Waals surface area (Å²) in [5, 5.41) is 8.08. The topological polar surface area (TPSA) is 64.7 Å². The number of nitrogens with one attached hydrogen (secondary N) is 2. The first-order chi connectivity index (χ1) is 13.5. The normalized spacial score (nSPS) is 16.0. The molecule has 0 aliphatic carbocycles. The van der Waals surface area contributed by atoms with Crippen molar-refractivity contribution in [1.29, 1.82) is 0 Å². The van der Waals surface area contributed by atoms with Crippen molar-refractivity contribution in [2.75, 3.05) is 39.0 Å². The first-order valence-electron chi connectivity index (χ1n) is 9.63. The van der Waals surface area contributed by atoms with Crippen molar-refractivity contribution in [3.05, 3.63) is 52.7 Å². The predicted octanol–water partition coefficient (Wildman–Crippen LogP) is 3.41. The van der Waals surface area contributed by atoms with Gasteiger partial charge in [-0.3, -0.25) is 4.79 Å². The Morgan fingerprint density at radius 2 is 1.86 bits per heavy atom. The Morgan fingerprint density at radius 1 is 1.14 bits per heavy atom. The van der Waals surface area contributed by atoms with E-state index < -0.39 is 0 Å².